The molecule has 1 saturated carbocycles. The second kappa shape index (κ2) is 3.02. The fourth-order valence-electron chi connectivity index (χ4n) is 2.58. The van der Waals surface area contributed by atoms with E-state index in [4.69, 9.17) is 0 Å². The summed E-state index contributed by atoms with van der Waals surface area (Å²) in [5.41, 5.74) is 0.933. The van der Waals surface area contributed by atoms with Crippen molar-refractivity contribution < 1.29 is 9.90 Å². The van der Waals surface area contributed by atoms with E-state index in [9.17, 15) is 9.90 Å². The number of hydrogen-bond donors (Lipinski definition) is 1. The van der Waals surface area contributed by atoms with E-state index >= 15 is 0 Å². The molecule has 0 unspecified atom stereocenters. The van der Waals surface area contributed by atoms with Crippen LogP contribution in [0.15, 0.2) is 11.6 Å². The van der Waals surface area contributed by atoms with Gasteiger partial charge in [0.05, 0.1) is 6.10 Å². The fraction of sp³-hybridized carbons (Fsp3) is 0.700. The zero-order valence-corrected chi connectivity index (χ0v) is 7.07. The summed E-state index contributed by atoms with van der Waals surface area (Å²) in [7, 11) is 0. The van der Waals surface area contributed by atoms with Crippen LogP contribution in [0.3, 0.4) is 0 Å². The van der Waals surface area contributed by atoms with Crippen LogP contribution >= 0.6 is 0 Å². The van der Waals surface area contributed by atoms with Crippen LogP contribution in [0.2, 0.25) is 0 Å². The SMILES string of the molecule is O=CC1=CC[C@H](O)[C@@H]2CCC[C@H]12. The molecule has 2 nitrogen and oxygen atoms in total. The number of aliphatic hydroxyl groups is 1. The third-order valence-electron chi connectivity index (χ3n) is 3.22. The number of allylic oxidation sites excluding steroid dienone is 1. The molecule has 0 saturated heterocycles. The Morgan fingerprint density at radius 1 is 1.50 bits per heavy atom. The third kappa shape index (κ3) is 1.11. The Balaban J connectivity index is 2.23. The van der Waals surface area contributed by atoms with E-state index in [1.54, 1.807) is 0 Å². The minimum absolute atomic E-state index is 0.193. The molecule has 0 amide bonds. The standard InChI is InChI=1S/C10H14O2/c11-6-7-4-5-10(12)9-3-1-2-8(7)9/h4,6,8-10,12H,1-3,5H2/t8-,9-,10+/m1/s1. The smallest absolute Gasteiger partial charge is 0.145 e. The molecular formula is C10H14O2. The highest BCUT2D eigenvalue weighted by atomic mass is 16.3. The summed E-state index contributed by atoms with van der Waals surface area (Å²) in [6, 6.07) is 0. The number of aliphatic hydroxyl groups excluding tert-OH is 1. The van der Waals surface area contributed by atoms with Crippen LogP contribution in [0.1, 0.15) is 25.7 Å². The lowest BCUT2D eigenvalue weighted by Crippen LogP contribution is -2.28. The van der Waals surface area contributed by atoms with E-state index in [-0.39, 0.29) is 6.10 Å². The minimum Gasteiger partial charge on any atom is -0.392 e. The van der Waals surface area contributed by atoms with Gasteiger partial charge in [-0.2, -0.15) is 0 Å². The largest absolute Gasteiger partial charge is 0.392 e. The number of fused-ring (bicyclic) bond motifs is 1. The second-order valence-electron chi connectivity index (χ2n) is 3.83. The Labute approximate surface area is 72.3 Å². The van der Waals surface area contributed by atoms with Crippen LogP contribution in [0, 0.1) is 11.8 Å². The lowest BCUT2D eigenvalue weighted by atomic mass is 9.79. The molecular weight excluding hydrogens is 152 g/mol. The highest BCUT2D eigenvalue weighted by molar-refractivity contribution is 5.74. The first-order valence-corrected chi connectivity index (χ1v) is 4.66. The number of carbonyl (C=O) groups excluding carboxylic acids is 1. The first-order valence-electron chi connectivity index (χ1n) is 4.66. The normalized spacial score (nSPS) is 40.4. The summed E-state index contributed by atoms with van der Waals surface area (Å²) in [5, 5.41) is 9.63. The van der Waals surface area contributed by atoms with Crippen LogP contribution in [0.5, 0.6) is 0 Å². The Morgan fingerprint density at radius 2 is 2.33 bits per heavy atom. The van der Waals surface area contributed by atoms with Crippen molar-refractivity contribution in [2.45, 2.75) is 31.8 Å². The second-order valence-corrected chi connectivity index (χ2v) is 3.83. The summed E-state index contributed by atoms with van der Waals surface area (Å²) in [5.74, 6) is 0.737. The van der Waals surface area contributed by atoms with Gasteiger partial charge in [-0.3, -0.25) is 4.79 Å². The average molecular weight is 166 g/mol. The summed E-state index contributed by atoms with van der Waals surface area (Å²) >= 11 is 0. The van der Waals surface area contributed by atoms with Gasteiger partial charge in [0.15, 0.2) is 0 Å². The Bertz CT molecular complexity index is 220. The summed E-state index contributed by atoms with van der Waals surface area (Å²) in [6.07, 6.45) is 6.70. The van der Waals surface area contributed by atoms with Gasteiger partial charge in [0.1, 0.15) is 6.29 Å². The molecule has 1 N–H and O–H groups in total. The van der Waals surface area contributed by atoms with Gasteiger partial charge >= 0.3 is 0 Å². The van der Waals surface area contributed by atoms with E-state index in [1.807, 2.05) is 6.08 Å². The minimum atomic E-state index is -0.193. The van der Waals surface area contributed by atoms with Gasteiger partial charge in [0.25, 0.3) is 0 Å². The van der Waals surface area contributed by atoms with Gasteiger partial charge < -0.3 is 5.11 Å². The predicted molar refractivity (Wildman–Crippen MR) is 45.6 cm³/mol. The summed E-state index contributed by atoms with van der Waals surface area (Å²) < 4.78 is 0. The first kappa shape index (κ1) is 7.99. The van der Waals surface area contributed by atoms with Crippen LogP contribution in [-0.4, -0.2) is 17.5 Å². The Morgan fingerprint density at radius 3 is 3.08 bits per heavy atom. The quantitative estimate of drug-likeness (QED) is 0.596. The summed E-state index contributed by atoms with van der Waals surface area (Å²) in [4.78, 5) is 10.7. The molecule has 2 aliphatic carbocycles. The van der Waals surface area contributed by atoms with Gasteiger partial charge in [-0.15, -0.1) is 0 Å². The van der Waals surface area contributed by atoms with Crippen molar-refractivity contribution in [2.24, 2.45) is 11.8 Å². The zero-order valence-electron chi connectivity index (χ0n) is 7.07. The van der Waals surface area contributed by atoms with Crippen molar-refractivity contribution in [3.05, 3.63) is 11.6 Å². The van der Waals surface area contributed by atoms with Crippen molar-refractivity contribution in [1.82, 2.24) is 0 Å². The monoisotopic (exact) mass is 166 g/mol. The third-order valence-corrected chi connectivity index (χ3v) is 3.22. The van der Waals surface area contributed by atoms with Crippen molar-refractivity contribution in [3.63, 3.8) is 0 Å². The van der Waals surface area contributed by atoms with Crippen molar-refractivity contribution in [3.8, 4) is 0 Å². The molecule has 0 radical (unpaired) electrons. The number of rotatable bonds is 1. The van der Waals surface area contributed by atoms with E-state index in [2.05, 4.69) is 0 Å². The molecule has 0 aromatic carbocycles. The predicted octanol–water partition coefficient (Wildman–Crippen LogP) is 1.29. The van der Waals surface area contributed by atoms with Crippen molar-refractivity contribution >= 4 is 6.29 Å². The molecule has 66 valence electrons. The molecule has 12 heavy (non-hydrogen) atoms. The average Bonchev–Trinajstić information content (AvgIpc) is 2.54. The van der Waals surface area contributed by atoms with E-state index < -0.39 is 0 Å². The molecule has 2 heteroatoms. The maximum Gasteiger partial charge on any atom is 0.145 e. The first-order chi connectivity index (χ1) is 5.83. The highest BCUT2D eigenvalue weighted by Gasteiger charge is 2.36. The van der Waals surface area contributed by atoms with Crippen molar-refractivity contribution in [2.75, 3.05) is 0 Å². The number of carbonyl (C=O) groups is 1. The number of hydrogen-bond acceptors (Lipinski definition) is 2. The fourth-order valence-corrected chi connectivity index (χ4v) is 2.58. The van der Waals surface area contributed by atoms with Gasteiger partial charge in [-0.1, -0.05) is 12.5 Å². The Hall–Kier alpha value is -0.630. The van der Waals surface area contributed by atoms with Gasteiger partial charge in [0.2, 0.25) is 0 Å². The van der Waals surface area contributed by atoms with Crippen molar-refractivity contribution in [1.29, 1.82) is 0 Å². The Kier molecular flexibility index (Phi) is 2.01. The molecule has 2 rings (SSSR count). The van der Waals surface area contributed by atoms with Crippen LogP contribution in [0.25, 0.3) is 0 Å². The summed E-state index contributed by atoms with van der Waals surface area (Å²) in [6.45, 7) is 0. The lowest BCUT2D eigenvalue weighted by Gasteiger charge is -2.28. The topological polar surface area (TPSA) is 37.3 Å². The molecule has 0 aromatic rings. The molecule has 0 heterocycles. The number of aldehydes is 1. The molecule has 1 fully saturated rings. The van der Waals surface area contributed by atoms with Gasteiger partial charge in [0, 0.05) is 0 Å². The van der Waals surface area contributed by atoms with E-state index in [0.29, 0.717) is 18.3 Å². The molecule has 0 bridgehead atoms. The lowest BCUT2D eigenvalue weighted by molar-refractivity contribution is -0.105. The van der Waals surface area contributed by atoms with Gasteiger partial charge in [-0.25, -0.2) is 0 Å². The molecule has 0 aromatic heterocycles. The highest BCUT2D eigenvalue weighted by Crippen LogP contribution is 2.42. The van der Waals surface area contributed by atoms with Crippen LogP contribution in [0.4, 0.5) is 0 Å². The zero-order chi connectivity index (χ0) is 8.55. The maximum absolute atomic E-state index is 10.7. The van der Waals surface area contributed by atoms with Crippen LogP contribution < -0.4 is 0 Å². The molecule has 0 aliphatic heterocycles. The molecule has 0 spiro atoms. The maximum atomic E-state index is 10.7. The molecule has 2 aliphatic rings. The van der Waals surface area contributed by atoms with E-state index in [0.717, 1.165) is 31.1 Å². The van der Waals surface area contributed by atoms with Crippen LogP contribution in [-0.2, 0) is 4.79 Å². The van der Waals surface area contributed by atoms with Gasteiger partial charge in [-0.05, 0) is 36.7 Å². The molecule has 3 atom stereocenters. The van der Waals surface area contributed by atoms with E-state index in [1.165, 1.54) is 0 Å².